The molecule has 0 spiro atoms. The Balaban J connectivity index is 0.000000206. The maximum atomic E-state index is 12.6. The van der Waals surface area contributed by atoms with Gasteiger partial charge in [0.15, 0.2) is 0 Å². The Bertz CT molecular complexity index is 5640. The molecular formula is C106H141BCl5N13NaO18S3. The molecule has 3 radical (unpaired) electrons. The van der Waals surface area contributed by atoms with Gasteiger partial charge in [-0.25, -0.2) is 14.4 Å². The molecule has 11 fully saturated rings. The first-order valence-corrected chi connectivity index (χ1v) is 53.2. The number of carbonyl (C=O) groups is 11. The number of fused-ring (bicyclic) bond motifs is 22. The van der Waals surface area contributed by atoms with Crippen LogP contribution < -0.4 is 52.5 Å². The molecule has 31 nitrogen and oxygen atoms in total. The van der Waals surface area contributed by atoms with Gasteiger partial charge in [0.1, 0.15) is 29.1 Å². The quantitative estimate of drug-likeness (QED) is 0.0118. The average Bonchev–Trinajstić information content (AvgIpc) is 1.59. The zero-order chi connectivity index (χ0) is 104. The third-order valence-corrected chi connectivity index (χ3v) is 36.8. The molecule has 19 atom stereocenters. The second-order valence-electron chi connectivity index (χ2n) is 40.1. The molecule has 3 aromatic heterocycles. The maximum Gasteiger partial charge on any atom is 1.00 e. The van der Waals surface area contributed by atoms with Crippen LogP contribution in [0.15, 0.2) is 101 Å². The van der Waals surface area contributed by atoms with Gasteiger partial charge in [0.05, 0.1) is 77.9 Å². The molecule has 795 valence electrons. The van der Waals surface area contributed by atoms with E-state index in [9.17, 15) is 62.6 Å². The minimum absolute atomic E-state index is 0. The minimum atomic E-state index is -0.743. The second-order valence-corrected chi connectivity index (χ2v) is 44.9. The molecule has 0 aliphatic carbocycles. The molecule has 6 aromatic rings. The number of nitrogens with zero attached hydrogens (tertiary/aromatic N) is 9. The van der Waals surface area contributed by atoms with Crippen LogP contribution in [-0.2, 0) is 102 Å². The molecule has 16 aliphatic heterocycles. The van der Waals surface area contributed by atoms with E-state index >= 15 is 0 Å². The summed E-state index contributed by atoms with van der Waals surface area (Å²) in [7, 11) is 21.8. The van der Waals surface area contributed by atoms with Crippen LogP contribution in [0.5, 0.6) is 0 Å². The molecule has 16 bridgehead atoms. The van der Waals surface area contributed by atoms with Crippen LogP contribution in [0.1, 0.15) is 244 Å². The van der Waals surface area contributed by atoms with E-state index < -0.39 is 29.8 Å². The Hall–Kier alpha value is -7.50. The number of Topliss-reactive ketones (excluding diaryl/α,β-unsaturated/α-hetero) is 4. The first-order valence-electron chi connectivity index (χ1n) is 49.6. The number of primary amides is 3. The number of aliphatic carboxylic acids is 1. The summed E-state index contributed by atoms with van der Waals surface area (Å²) in [5.74, 6) is -2.91. The number of benzene rings is 3. The molecule has 147 heavy (non-hydrogen) atoms. The van der Waals surface area contributed by atoms with E-state index in [4.69, 9.17) is 77.4 Å². The van der Waals surface area contributed by atoms with Crippen molar-refractivity contribution in [3.63, 3.8) is 0 Å². The third-order valence-electron chi connectivity index (χ3n) is 32.6. The number of isocyanates is 1. The SMILES string of the molecule is CN1C2CC=C(C(=O)O)C1CC2.CN1C2CCC(=O)C1CC2.CN1C2CCC1c1c(sc(CC(=O)Cc3ccc(Cl)cc3)c1C(N)=O)C2.CN1C2CCC1c1c(sc(CC(=O)Cc3ccc(Cl)cc3)c1C(N)=O)C2.CN1C2CCC1c1c(sc(N)c1C(N)=O)C2.CO.COC(=O)C1=CCC2CCC1N2C.COC(=O)C1C(=O)CC2CCC1N2C.COC(=O)C1C(O)CC2CCC1N2C.Cl.Cl.O=C=Nc1ccc(Cl)cc1.[B].[H-].[Na+]. The number of piperidine rings is 3. The monoisotopic (exact) mass is 2190 g/mol. The number of esters is 3. The van der Waals surface area contributed by atoms with Crippen LogP contribution in [0.4, 0.5) is 10.7 Å². The van der Waals surface area contributed by atoms with Gasteiger partial charge in [-0.15, -0.1) is 58.8 Å². The zero-order valence-corrected chi connectivity index (χ0v) is 94.5. The van der Waals surface area contributed by atoms with Crippen molar-refractivity contribution in [2.75, 3.05) is 90.6 Å². The average molecular weight is 2190 g/mol. The number of ketones is 4. The summed E-state index contributed by atoms with van der Waals surface area (Å²) in [4.78, 5) is 166. The number of nitrogens with two attached hydrogens (primary N) is 4. The third kappa shape index (κ3) is 28.2. The van der Waals surface area contributed by atoms with E-state index in [1.165, 1.54) is 61.3 Å². The fourth-order valence-electron chi connectivity index (χ4n) is 24.8. The van der Waals surface area contributed by atoms with Crippen LogP contribution in [0.2, 0.25) is 15.1 Å². The predicted molar refractivity (Wildman–Crippen MR) is 575 cm³/mol. The first kappa shape index (κ1) is 123. The van der Waals surface area contributed by atoms with Gasteiger partial charge in [-0.05, 0) is 280 Å². The number of methoxy groups -OCH3 is 3. The summed E-state index contributed by atoms with van der Waals surface area (Å²) in [6.07, 6.45) is 31.7. The first-order chi connectivity index (χ1) is 68.3. The van der Waals surface area contributed by atoms with Crippen molar-refractivity contribution >= 4 is 184 Å². The normalized spacial score (nSPS) is 27.4. The number of rotatable bonds is 16. The van der Waals surface area contributed by atoms with Crippen molar-refractivity contribution in [3.8, 4) is 0 Å². The molecule has 3 aromatic carbocycles. The predicted octanol–water partition coefficient (Wildman–Crippen LogP) is 10.6. The van der Waals surface area contributed by atoms with Crippen LogP contribution in [0, 0.1) is 11.8 Å². The van der Waals surface area contributed by atoms with Crippen LogP contribution in [0.3, 0.4) is 0 Å². The van der Waals surface area contributed by atoms with Gasteiger partial charge in [0.25, 0.3) is 5.91 Å². The van der Waals surface area contributed by atoms with Gasteiger partial charge in [-0.3, -0.25) is 82.4 Å². The fourth-order valence-corrected chi connectivity index (χ4v) is 29.3. The Kier molecular flexibility index (Phi) is 46.3. The molecular weight excluding hydrogens is 2050 g/mol. The standard InChI is InChI=1S/2C20H21ClN2O2S.C11H15N3OS.C10H17NO3.C10H15NO3.C10H15NO2.C9H13NO2.C8H13NO.C7H4ClNO.CH4O.B.2ClH.Na.H/c2*1-23-13-6-7-15(23)18-16(9-13)26-17(19(18)20(22)25)10-14(24)8-11-2-4-12(21)5-3-11;1-14-5-2-3-6(14)8-7(4-5)16-11(13)9(8)10(12)15;2*1-11-6-3-4-7(11)9(8(12)5-6)10(13)14-2;1-11-7-3-5-8(10(12)13-2)9(11)6-4-7;1-10-6-2-4-7(9(11)12)8(10)5-3-6;1-9-6-2-4-7(9)8(10)5-3-6;8-6-1-3-7(4-2-6)9-5-10;1-2;;;;;/h2*2-5,13,15H,6-10H2,1H3,(H2,22,25);5-6H,2-4,13H2,1H3,(H2,12,15);6-9,12H,3-5H2,1-2H3;6-7,9H,3-5H2,1-2H3;5,7,9H,3-4,6H2,1-2H3;4,6,8H,2-3,5H2,1H3,(H,11,12);6-7H,2-5H2,1H3;1-4H;2H,1H3;;2*1H;;/q;;;;;;;;;;;;;+1;-1. The zero-order valence-electron chi connectivity index (χ0n) is 87.1. The number of carboxylic acid groups (broad SMARTS) is 1. The largest absolute Gasteiger partial charge is 1.00 e. The molecule has 16 aliphatic rings. The topological polar surface area (TPSA) is 436 Å². The van der Waals surface area contributed by atoms with Crippen LogP contribution >= 0.6 is 93.6 Å². The summed E-state index contributed by atoms with van der Waals surface area (Å²) in [6, 6.07) is 27.6. The number of halogens is 5. The molecule has 11 saturated heterocycles. The van der Waals surface area contributed by atoms with Gasteiger partial charge >= 0.3 is 53.4 Å². The number of anilines is 1. The van der Waals surface area contributed by atoms with Gasteiger partial charge in [-0.2, -0.15) is 4.99 Å². The molecule has 41 heteroatoms. The smallest absolute Gasteiger partial charge is 1.00 e. The number of aliphatic hydroxyl groups excluding tert-OH is 2. The van der Waals surface area contributed by atoms with Crippen molar-refractivity contribution in [3.05, 3.63) is 180 Å². The Morgan fingerprint density at radius 1 is 0.442 bits per heavy atom. The number of likely N-dealkylation sites (N-methyl/N-ethyl adjacent to an activating group) is 6. The van der Waals surface area contributed by atoms with E-state index in [-0.39, 0.29) is 154 Å². The van der Waals surface area contributed by atoms with Crippen molar-refractivity contribution in [1.82, 2.24) is 39.2 Å². The number of ether oxygens (including phenoxy) is 3. The summed E-state index contributed by atoms with van der Waals surface area (Å²) < 4.78 is 14.2. The van der Waals surface area contributed by atoms with Crippen molar-refractivity contribution in [2.24, 2.45) is 34.0 Å². The summed E-state index contributed by atoms with van der Waals surface area (Å²) >= 11 is 22.1. The molecule has 22 rings (SSSR count). The molecule has 19 heterocycles. The number of aliphatic imine (C=N–C) groups is 1. The van der Waals surface area contributed by atoms with E-state index in [0.717, 1.165) is 185 Å². The molecule has 19 unspecified atom stereocenters. The summed E-state index contributed by atoms with van der Waals surface area (Å²) in [6.45, 7) is 0. The van der Waals surface area contributed by atoms with E-state index in [1.54, 1.807) is 82.5 Å². The Morgan fingerprint density at radius 3 is 1.24 bits per heavy atom. The maximum absolute atomic E-state index is 12.6. The van der Waals surface area contributed by atoms with E-state index in [1.807, 2.05) is 57.6 Å². The number of hydrogen-bond donors (Lipinski definition) is 7. The van der Waals surface area contributed by atoms with Crippen LogP contribution in [-0.4, -0.2) is 303 Å². The van der Waals surface area contributed by atoms with Crippen molar-refractivity contribution < 1.29 is 118 Å². The van der Waals surface area contributed by atoms with Gasteiger partial charge in [0.2, 0.25) is 17.9 Å². The number of carboxylic acids is 1. The van der Waals surface area contributed by atoms with E-state index in [0.29, 0.717) is 140 Å². The minimum Gasteiger partial charge on any atom is -1.00 e. The Labute approximate surface area is 926 Å². The number of nitrogen functional groups attached to an aromatic ring is 1. The number of carbonyl (C=O) groups excluding carboxylic acids is 11. The van der Waals surface area contributed by atoms with Gasteiger partial charge in [-0.1, -0.05) is 71.2 Å². The van der Waals surface area contributed by atoms with Gasteiger partial charge in [0, 0.05) is 184 Å². The fraction of sp³-hybridized carbons (Fsp3) is 0.566. The second kappa shape index (κ2) is 55.4. The van der Waals surface area contributed by atoms with E-state index in [2.05, 4.69) is 84.2 Å². The number of thiophene rings is 3. The molecule has 0 saturated carbocycles. The summed E-state index contributed by atoms with van der Waals surface area (Å²) in [5, 5.41) is 28.3. The molecule has 11 N–H and O–H groups in total. The molecule has 3 amide bonds. The van der Waals surface area contributed by atoms with Crippen LogP contribution in [0.25, 0.3) is 0 Å². The summed E-state index contributed by atoms with van der Waals surface area (Å²) in [5.41, 5.74) is 31.8. The number of amides is 3. The number of hydrogen-bond acceptors (Lipinski definition) is 30. The van der Waals surface area contributed by atoms with Gasteiger partial charge < -0.3 is 53.9 Å². The van der Waals surface area contributed by atoms with Crippen molar-refractivity contribution in [1.29, 1.82) is 0 Å². The Morgan fingerprint density at radius 2 is 0.810 bits per heavy atom. The number of aliphatic hydroxyl groups is 2. The van der Waals surface area contributed by atoms with Crippen molar-refractivity contribution in [2.45, 2.75) is 289 Å².